The Bertz CT molecular complexity index is 627. The number of carbonyl (C=O) groups excluding carboxylic acids is 1. The van der Waals surface area contributed by atoms with Crippen molar-refractivity contribution in [3.8, 4) is 0 Å². The Morgan fingerprint density at radius 3 is 2.55 bits per heavy atom. The molecule has 0 saturated carbocycles. The Morgan fingerprint density at radius 2 is 2.00 bits per heavy atom. The van der Waals surface area contributed by atoms with Gasteiger partial charge in [0.25, 0.3) is 0 Å². The van der Waals surface area contributed by atoms with Crippen LogP contribution in [0, 0.1) is 13.8 Å². The fourth-order valence-electron chi connectivity index (χ4n) is 1.99. The predicted molar refractivity (Wildman–Crippen MR) is 78.9 cm³/mol. The molecule has 1 heterocycles. The number of aryl methyl sites for hydroxylation is 2. The molecule has 0 aliphatic rings. The van der Waals surface area contributed by atoms with Crippen LogP contribution in [0.3, 0.4) is 0 Å². The molecule has 0 aliphatic heterocycles. The van der Waals surface area contributed by atoms with Crippen LogP contribution in [0.25, 0.3) is 11.8 Å². The molecule has 0 amide bonds. The normalized spacial score (nSPS) is 11.4. The summed E-state index contributed by atoms with van der Waals surface area (Å²) in [6.07, 6.45) is 1.79. The number of nitrogens with zero attached hydrogens (tertiary/aromatic N) is 2. The topological polar surface area (TPSA) is 44.1 Å². The minimum Gasteiger partial charge on any atom is -0.461 e. The van der Waals surface area contributed by atoms with Gasteiger partial charge in [-0.1, -0.05) is 30.3 Å². The highest BCUT2D eigenvalue weighted by molar-refractivity contribution is 6.15. The highest BCUT2D eigenvalue weighted by atomic mass is 16.5. The molecule has 2 rings (SSSR count). The first-order chi connectivity index (χ1) is 9.61. The maximum absolute atomic E-state index is 12.2. The van der Waals surface area contributed by atoms with E-state index >= 15 is 0 Å². The molecule has 2 aromatic rings. The lowest BCUT2D eigenvalue weighted by atomic mass is 10.2. The summed E-state index contributed by atoms with van der Waals surface area (Å²) in [7, 11) is 0. The van der Waals surface area contributed by atoms with E-state index in [-0.39, 0.29) is 5.97 Å². The van der Waals surface area contributed by atoms with E-state index in [4.69, 9.17) is 4.74 Å². The molecule has 0 aliphatic carbocycles. The van der Waals surface area contributed by atoms with E-state index in [1.807, 2.05) is 50.2 Å². The van der Waals surface area contributed by atoms with E-state index in [2.05, 4.69) is 5.10 Å². The Morgan fingerprint density at radius 1 is 1.30 bits per heavy atom. The second kappa shape index (κ2) is 6.19. The maximum atomic E-state index is 12.2. The molecular formula is C16H18N2O2. The maximum Gasteiger partial charge on any atom is 0.356 e. The molecule has 0 saturated heterocycles. The number of carbonyl (C=O) groups is 1. The van der Waals surface area contributed by atoms with Crippen molar-refractivity contribution in [1.82, 2.24) is 9.78 Å². The third-order valence-electron chi connectivity index (χ3n) is 2.83. The Balaban J connectivity index is 2.48. The molecule has 0 fully saturated rings. The molecule has 1 aromatic carbocycles. The Kier molecular flexibility index (Phi) is 4.35. The lowest BCUT2D eigenvalue weighted by Crippen LogP contribution is -2.14. The minimum atomic E-state index is -0.373. The third-order valence-corrected chi connectivity index (χ3v) is 2.83. The standard InChI is InChI=1S/C16H18N2O2/c1-4-20-16(19)15(11-14-8-6-5-7-9-14)18-13(3)10-12(2)17-18/h5-11H,4H2,1-3H3/b15-11+. The zero-order valence-electron chi connectivity index (χ0n) is 12.0. The third kappa shape index (κ3) is 3.15. The number of hydrogen-bond acceptors (Lipinski definition) is 3. The van der Waals surface area contributed by atoms with Gasteiger partial charge < -0.3 is 4.74 Å². The van der Waals surface area contributed by atoms with Gasteiger partial charge in [-0.05, 0) is 38.5 Å². The van der Waals surface area contributed by atoms with Crippen molar-refractivity contribution in [2.75, 3.05) is 6.61 Å². The second-order valence-corrected chi connectivity index (χ2v) is 4.50. The SMILES string of the molecule is CCOC(=O)/C(=C\c1ccccc1)n1nc(C)cc1C. The molecule has 0 atom stereocenters. The quantitative estimate of drug-likeness (QED) is 0.633. The number of ether oxygens (including phenoxy) is 1. The molecule has 0 bridgehead atoms. The fraction of sp³-hybridized carbons (Fsp3) is 0.250. The van der Waals surface area contributed by atoms with Gasteiger partial charge in [-0.15, -0.1) is 0 Å². The summed E-state index contributed by atoms with van der Waals surface area (Å²) >= 11 is 0. The number of aromatic nitrogens is 2. The van der Waals surface area contributed by atoms with E-state index in [1.165, 1.54) is 0 Å². The molecule has 20 heavy (non-hydrogen) atoms. The highest BCUT2D eigenvalue weighted by Gasteiger charge is 2.16. The van der Waals surface area contributed by atoms with Crippen LogP contribution in [-0.2, 0) is 9.53 Å². The highest BCUT2D eigenvalue weighted by Crippen LogP contribution is 2.16. The largest absolute Gasteiger partial charge is 0.461 e. The lowest BCUT2D eigenvalue weighted by molar-refractivity contribution is -0.136. The van der Waals surface area contributed by atoms with Crippen LogP contribution >= 0.6 is 0 Å². The summed E-state index contributed by atoms with van der Waals surface area (Å²) in [6.45, 7) is 5.94. The molecule has 1 aromatic heterocycles. The Hall–Kier alpha value is -2.36. The van der Waals surface area contributed by atoms with Gasteiger partial charge in [0.05, 0.1) is 12.3 Å². The van der Waals surface area contributed by atoms with Crippen LogP contribution < -0.4 is 0 Å². The van der Waals surface area contributed by atoms with Crippen molar-refractivity contribution in [1.29, 1.82) is 0 Å². The summed E-state index contributed by atoms with van der Waals surface area (Å²) in [5.74, 6) is -0.373. The number of benzene rings is 1. The van der Waals surface area contributed by atoms with E-state index in [0.29, 0.717) is 12.3 Å². The van der Waals surface area contributed by atoms with E-state index in [1.54, 1.807) is 17.7 Å². The minimum absolute atomic E-state index is 0.338. The van der Waals surface area contributed by atoms with Gasteiger partial charge in [-0.25, -0.2) is 9.48 Å². The van der Waals surface area contributed by atoms with Gasteiger partial charge in [-0.3, -0.25) is 0 Å². The van der Waals surface area contributed by atoms with Crippen molar-refractivity contribution in [3.63, 3.8) is 0 Å². The van der Waals surface area contributed by atoms with Crippen LogP contribution in [0.5, 0.6) is 0 Å². The van der Waals surface area contributed by atoms with E-state index in [0.717, 1.165) is 17.0 Å². The summed E-state index contributed by atoms with van der Waals surface area (Å²) in [4.78, 5) is 12.2. The first kappa shape index (κ1) is 14.1. The van der Waals surface area contributed by atoms with Crippen molar-refractivity contribution in [2.24, 2.45) is 0 Å². The van der Waals surface area contributed by atoms with Crippen LogP contribution in [0.2, 0.25) is 0 Å². The zero-order valence-corrected chi connectivity index (χ0v) is 12.0. The van der Waals surface area contributed by atoms with E-state index in [9.17, 15) is 4.79 Å². The van der Waals surface area contributed by atoms with Gasteiger partial charge in [0.15, 0.2) is 5.70 Å². The van der Waals surface area contributed by atoms with Crippen LogP contribution in [0.4, 0.5) is 0 Å². The second-order valence-electron chi connectivity index (χ2n) is 4.50. The smallest absolute Gasteiger partial charge is 0.356 e. The molecule has 0 spiro atoms. The van der Waals surface area contributed by atoms with Crippen molar-refractivity contribution in [3.05, 3.63) is 53.3 Å². The van der Waals surface area contributed by atoms with Gasteiger partial charge in [0.2, 0.25) is 0 Å². The summed E-state index contributed by atoms with van der Waals surface area (Å²) in [6, 6.07) is 11.6. The molecule has 0 radical (unpaired) electrons. The van der Waals surface area contributed by atoms with Crippen molar-refractivity contribution < 1.29 is 9.53 Å². The summed E-state index contributed by atoms with van der Waals surface area (Å²) in [5.41, 5.74) is 3.12. The Labute approximate surface area is 118 Å². The number of esters is 1. The molecule has 4 heteroatoms. The van der Waals surface area contributed by atoms with Gasteiger partial charge in [0, 0.05) is 5.69 Å². The van der Waals surface area contributed by atoms with Gasteiger partial charge in [0.1, 0.15) is 0 Å². The van der Waals surface area contributed by atoms with Crippen LogP contribution in [-0.4, -0.2) is 22.4 Å². The van der Waals surface area contributed by atoms with Crippen LogP contribution in [0.15, 0.2) is 36.4 Å². The van der Waals surface area contributed by atoms with Crippen molar-refractivity contribution >= 4 is 17.7 Å². The molecule has 104 valence electrons. The predicted octanol–water partition coefficient (Wildman–Crippen LogP) is 3.06. The van der Waals surface area contributed by atoms with Crippen LogP contribution in [0.1, 0.15) is 23.9 Å². The first-order valence-corrected chi connectivity index (χ1v) is 6.59. The summed E-state index contributed by atoms with van der Waals surface area (Å²) < 4.78 is 6.75. The molecule has 0 N–H and O–H groups in total. The van der Waals surface area contributed by atoms with Gasteiger partial charge in [-0.2, -0.15) is 5.10 Å². The van der Waals surface area contributed by atoms with Crippen molar-refractivity contribution in [2.45, 2.75) is 20.8 Å². The molecule has 4 nitrogen and oxygen atoms in total. The lowest BCUT2D eigenvalue weighted by Gasteiger charge is -2.09. The number of rotatable bonds is 4. The fourth-order valence-corrected chi connectivity index (χ4v) is 1.99. The van der Waals surface area contributed by atoms with Gasteiger partial charge >= 0.3 is 5.97 Å². The van der Waals surface area contributed by atoms with E-state index < -0.39 is 0 Å². The summed E-state index contributed by atoms with van der Waals surface area (Å²) in [5, 5.41) is 4.36. The average Bonchev–Trinajstić information content (AvgIpc) is 2.76. The average molecular weight is 270 g/mol. The zero-order chi connectivity index (χ0) is 14.5. The monoisotopic (exact) mass is 270 g/mol. The first-order valence-electron chi connectivity index (χ1n) is 6.59. The molecule has 0 unspecified atom stereocenters. The molecular weight excluding hydrogens is 252 g/mol. The number of hydrogen-bond donors (Lipinski definition) is 0.